The molecule has 0 aliphatic heterocycles. The van der Waals surface area contributed by atoms with Gasteiger partial charge in [0.15, 0.2) is 0 Å². The van der Waals surface area contributed by atoms with Crippen LogP contribution in [0.4, 0.5) is 10.5 Å². The molecule has 1 amide bonds. The Balaban J connectivity index is 2.91. The highest BCUT2D eigenvalue weighted by molar-refractivity contribution is 6.30. The predicted octanol–water partition coefficient (Wildman–Crippen LogP) is 4.10. The van der Waals surface area contributed by atoms with E-state index in [0.717, 1.165) is 0 Å². The van der Waals surface area contributed by atoms with Gasteiger partial charge in [-0.25, -0.2) is 4.79 Å². The van der Waals surface area contributed by atoms with E-state index in [-0.39, 0.29) is 0 Å². The van der Waals surface area contributed by atoms with Gasteiger partial charge in [0.05, 0.1) is 0 Å². The molecule has 1 aromatic rings. The Hall–Kier alpha value is -1.66. The molecule has 0 radical (unpaired) electrons. The zero-order valence-corrected chi connectivity index (χ0v) is 12.2. The topological polar surface area (TPSA) is 29.5 Å². The Labute approximate surface area is 119 Å². The van der Waals surface area contributed by atoms with E-state index in [9.17, 15) is 4.79 Å². The molecule has 0 saturated heterocycles. The lowest BCUT2D eigenvalue weighted by molar-refractivity contribution is 0.0581. The van der Waals surface area contributed by atoms with Crippen molar-refractivity contribution in [2.75, 3.05) is 11.4 Å². The maximum Gasteiger partial charge on any atom is 0.414 e. The van der Waals surface area contributed by atoms with Gasteiger partial charge >= 0.3 is 6.09 Å². The fraction of sp³-hybridized carbons (Fsp3) is 0.400. The molecule has 0 spiro atoms. The molecular weight excluding hydrogens is 262 g/mol. The molecule has 0 aliphatic rings. The molecule has 4 heteroatoms. The Morgan fingerprint density at radius 3 is 2.42 bits per heavy atom. The van der Waals surface area contributed by atoms with Crippen LogP contribution in [0.1, 0.15) is 27.2 Å². The molecule has 0 fully saturated rings. The molecule has 1 aromatic carbocycles. The first-order chi connectivity index (χ1) is 8.83. The molecule has 0 aromatic heterocycles. The van der Waals surface area contributed by atoms with Crippen LogP contribution in [-0.2, 0) is 4.74 Å². The number of amides is 1. The van der Waals surface area contributed by atoms with E-state index in [1.54, 1.807) is 24.3 Å². The van der Waals surface area contributed by atoms with Crippen LogP contribution in [0.15, 0.2) is 24.3 Å². The highest BCUT2D eigenvalue weighted by Crippen LogP contribution is 2.21. The number of nitrogens with zero attached hydrogens (tertiary/aromatic N) is 1. The third-order valence-corrected chi connectivity index (χ3v) is 2.48. The van der Waals surface area contributed by atoms with Crippen molar-refractivity contribution in [2.24, 2.45) is 0 Å². The highest BCUT2D eigenvalue weighted by atomic mass is 35.5. The summed E-state index contributed by atoms with van der Waals surface area (Å²) in [4.78, 5) is 13.7. The zero-order chi connectivity index (χ0) is 14.5. The lowest BCUT2D eigenvalue weighted by atomic mass is 10.2. The second-order valence-corrected chi connectivity index (χ2v) is 5.50. The van der Waals surface area contributed by atoms with Gasteiger partial charge in [0.1, 0.15) is 5.60 Å². The smallest absolute Gasteiger partial charge is 0.414 e. The van der Waals surface area contributed by atoms with Crippen LogP contribution in [0.25, 0.3) is 0 Å². The summed E-state index contributed by atoms with van der Waals surface area (Å²) < 4.78 is 5.37. The molecule has 0 bridgehead atoms. The number of halogens is 1. The molecule has 1 rings (SSSR count). The molecule has 102 valence electrons. The van der Waals surface area contributed by atoms with Gasteiger partial charge in [-0.15, -0.1) is 12.3 Å². The minimum Gasteiger partial charge on any atom is -0.443 e. The van der Waals surface area contributed by atoms with Crippen molar-refractivity contribution in [1.29, 1.82) is 0 Å². The number of ether oxygens (including phenoxy) is 1. The highest BCUT2D eigenvalue weighted by Gasteiger charge is 2.22. The van der Waals surface area contributed by atoms with E-state index in [1.807, 2.05) is 20.8 Å². The molecule has 0 aliphatic carbocycles. The summed E-state index contributed by atoms with van der Waals surface area (Å²) in [6.45, 7) is 5.89. The fourth-order valence-corrected chi connectivity index (χ4v) is 1.57. The number of anilines is 1. The van der Waals surface area contributed by atoms with Crippen molar-refractivity contribution in [3.8, 4) is 12.3 Å². The molecule has 0 unspecified atom stereocenters. The quantitative estimate of drug-likeness (QED) is 0.780. The summed E-state index contributed by atoms with van der Waals surface area (Å²) in [7, 11) is 0. The second-order valence-electron chi connectivity index (χ2n) is 5.06. The van der Waals surface area contributed by atoms with Crippen LogP contribution < -0.4 is 4.90 Å². The summed E-state index contributed by atoms with van der Waals surface area (Å²) in [5, 5.41) is 0.616. The molecule has 0 heterocycles. The Bertz CT molecular complexity index is 468. The lowest BCUT2D eigenvalue weighted by Crippen LogP contribution is -2.37. The number of hydrogen-bond donors (Lipinski definition) is 0. The number of hydrogen-bond acceptors (Lipinski definition) is 2. The van der Waals surface area contributed by atoms with Crippen molar-refractivity contribution in [3.05, 3.63) is 29.3 Å². The van der Waals surface area contributed by atoms with Crippen molar-refractivity contribution < 1.29 is 9.53 Å². The van der Waals surface area contributed by atoms with Crippen LogP contribution in [0, 0.1) is 12.3 Å². The van der Waals surface area contributed by atoms with E-state index < -0.39 is 11.7 Å². The summed E-state index contributed by atoms with van der Waals surface area (Å²) in [5.41, 5.74) is 0.173. The summed E-state index contributed by atoms with van der Waals surface area (Å²) >= 11 is 5.84. The standard InChI is InChI=1S/C15H18ClNO2/c1-5-6-11-17(14(18)19-15(2,3)4)13-9-7-12(16)8-10-13/h1,7-10H,6,11H2,2-4H3. The summed E-state index contributed by atoms with van der Waals surface area (Å²) in [5.74, 6) is 2.52. The number of terminal acetylenes is 1. The number of benzene rings is 1. The van der Waals surface area contributed by atoms with Crippen molar-refractivity contribution >= 4 is 23.4 Å². The van der Waals surface area contributed by atoms with Crippen LogP contribution in [-0.4, -0.2) is 18.2 Å². The fourth-order valence-electron chi connectivity index (χ4n) is 1.44. The van der Waals surface area contributed by atoms with Gasteiger partial charge in [0.25, 0.3) is 0 Å². The third kappa shape index (κ3) is 5.23. The second kappa shape index (κ2) is 6.49. The first-order valence-electron chi connectivity index (χ1n) is 6.03. The Morgan fingerprint density at radius 2 is 1.95 bits per heavy atom. The van der Waals surface area contributed by atoms with Crippen molar-refractivity contribution in [2.45, 2.75) is 32.8 Å². The molecule has 0 saturated carbocycles. The Kier molecular flexibility index (Phi) is 5.26. The summed E-state index contributed by atoms with van der Waals surface area (Å²) in [6, 6.07) is 6.99. The number of carbonyl (C=O) groups excluding carboxylic acids is 1. The van der Waals surface area contributed by atoms with Crippen LogP contribution in [0.2, 0.25) is 5.02 Å². The van der Waals surface area contributed by atoms with E-state index in [0.29, 0.717) is 23.7 Å². The summed E-state index contributed by atoms with van der Waals surface area (Å²) in [6.07, 6.45) is 5.30. The van der Waals surface area contributed by atoms with Gasteiger partial charge in [-0.1, -0.05) is 11.6 Å². The first kappa shape index (κ1) is 15.4. The average molecular weight is 280 g/mol. The van der Waals surface area contributed by atoms with E-state index in [2.05, 4.69) is 5.92 Å². The van der Waals surface area contributed by atoms with Crippen molar-refractivity contribution in [3.63, 3.8) is 0 Å². The SMILES string of the molecule is C#CCCN(C(=O)OC(C)(C)C)c1ccc(Cl)cc1. The maximum atomic E-state index is 12.2. The largest absolute Gasteiger partial charge is 0.443 e. The first-order valence-corrected chi connectivity index (χ1v) is 6.41. The normalized spacial score (nSPS) is 10.7. The minimum atomic E-state index is -0.544. The molecule has 19 heavy (non-hydrogen) atoms. The number of rotatable bonds is 3. The van der Waals surface area contributed by atoms with E-state index >= 15 is 0 Å². The van der Waals surface area contributed by atoms with Gasteiger partial charge in [-0.2, -0.15) is 0 Å². The predicted molar refractivity (Wildman–Crippen MR) is 78.5 cm³/mol. The lowest BCUT2D eigenvalue weighted by Gasteiger charge is -2.27. The Morgan fingerprint density at radius 1 is 1.37 bits per heavy atom. The van der Waals surface area contributed by atoms with Gasteiger partial charge < -0.3 is 4.74 Å². The zero-order valence-electron chi connectivity index (χ0n) is 11.4. The average Bonchev–Trinajstić information content (AvgIpc) is 2.29. The maximum absolute atomic E-state index is 12.2. The van der Waals surface area contributed by atoms with Crippen LogP contribution in [0.5, 0.6) is 0 Å². The van der Waals surface area contributed by atoms with Gasteiger partial charge in [-0.3, -0.25) is 4.90 Å². The minimum absolute atomic E-state index is 0.410. The van der Waals surface area contributed by atoms with Crippen molar-refractivity contribution in [1.82, 2.24) is 0 Å². The molecule has 0 atom stereocenters. The van der Waals surface area contributed by atoms with Crippen LogP contribution in [0.3, 0.4) is 0 Å². The third-order valence-electron chi connectivity index (χ3n) is 2.23. The molecule has 3 nitrogen and oxygen atoms in total. The van der Waals surface area contributed by atoms with Gasteiger partial charge in [0.2, 0.25) is 0 Å². The number of carbonyl (C=O) groups is 1. The molecule has 0 N–H and O–H groups in total. The van der Waals surface area contributed by atoms with Gasteiger partial charge in [0, 0.05) is 23.7 Å². The monoisotopic (exact) mass is 279 g/mol. The van der Waals surface area contributed by atoms with Gasteiger partial charge in [-0.05, 0) is 45.0 Å². The van der Waals surface area contributed by atoms with E-state index in [4.69, 9.17) is 22.8 Å². The van der Waals surface area contributed by atoms with E-state index in [1.165, 1.54) is 4.90 Å². The van der Waals surface area contributed by atoms with Crippen LogP contribution >= 0.6 is 11.6 Å². The molecular formula is C15H18ClNO2.